The summed E-state index contributed by atoms with van der Waals surface area (Å²) in [5.41, 5.74) is -2.10. The van der Waals surface area contributed by atoms with E-state index < -0.39 is 16.9 Å². The first-order chi connectivity index (χ1) is 9.65. The summed E-state index contributed by atoms with van der Waals surface area (Å²) in [7, 11) is 0. The molecule has 1 aliphatic heterocycles. The lowest BCUT2D eigenvalue weighted by atomic mass is 9.75. The van der Waals surface area contributed by atoms with E-state index in [4.69, 9.17) is 0 Å². The molecule has 0 aromatic heterocycles. The van der Waals surface area contributed by atoms with E-state index in [0.717, 1.165) is 17.7 Å². The predicted octanol–water partition coefficient (Wildman–Crippen LogP) is 2.44. The summed E-state index contributed by atoms with van der Waals surface area (Å²) in [6, 6.07) is 0. The fourth-order valence-corrected chi connectivity index (χ4v) is 3.49. The van der Waals surface area contributed by atoms with Crippen molar-refractivity contribution in [1.29, 1.82) is 0 Å². The third kappa shape index (κ3) is 2.27. The Hall–Kier alpha value is -1.39. The molecule has 1 saturated heterocycles. The van der Waals surface area contributed by atoms with E-state index in [0.29, 0.717) is 18.8 Å². The summed E-state index contributed by atoms with van der Waals surface area (Å²) in [6.07, 6.45) is 2.34. The van der Waals surface area contributed by atoms with Gasteiger partial charge in [0.05, 0.1) is 5.41 Å². The number of carbonyl (C=O) groups excluding carboxylic acids is 2. The van der Waals surface area contributed by atoms with Crippen LogP contribution in [-0.4, -0.2) is 33.3 Å². The van der Waals surface area contributed by atoms with Crippen LogP contribution in [0.4, 0.5) is 0 Å². The van der Waals surface area contributed by atoms with Crippen molar-refractivity contribution in [2.75, 3.05) is 0 Å². The zero-order valence-electron chi connectivity index (χ0n) is 13.3. The molecule has 1 N–H and O–H groups in total. The summed E-state index contributed by atoms with van der Waals surface area (Å²) < 4.78 is 0. The second kappa shape index (κ2) is 5.11. The Bertz CT molecular complexity index is 477. The second-order valence-electron chi connectivity index (χ2n) is 7.30. The average molecular weight is 295 g/mol. The molecular formula is C16H25NO4. The summed E-state index contributed by atoms with van der Waals surface area (Å²) in [6.45, 7) is 7.67. The number of rotatable bonds is 3. The van der Waals surface area contributed by atoms with Crippen LogP contribution in [0.2, 0.25) is 0 Å². The van der Waals surface area contributed by atoms with Crippen LogP contribution in [0.5, 0.6) is 0 Å². The molecule has 5 nitrogen and oxygen atoms in total. The molecule has 1 unspecified atom stereocenters. The highest BCUT2D eigenvalue weighted by Crippen LogP contribution is 2.46. The first-order valence-corrected chi connectivity index (χ1v) is 7.76. The maximum atomic E-state index is 12.8. The molecule has 2 aliphatic rings. The molecule has 0 aromatic rings. The maximum Gasteiger partial charge on any atom is 0.330 e. The summed E-state index contributed by atoms with van der Waals surface area (Å²) in [4.78, 5) is 38.2. The number of carboxylic acid groups (broad SMARTS) is 1. The van der Waals surface area contributed by atoms with E-state index in [1.54, 1.807) is 6.92 Å². The SMILES string of the molecule is CC1CCC(C(=O)O)(N2C(=O)CC(C)(C(C)C)C2=O)CC1. The molecular weight excluding hydrogens is 270 g/mol. The zero-order valence-corrected chi connectivity index (χ0v) is 13.3. The molecule has 5 heteroatoms. The van der Waals surface area contributed by atoms with Crippen LogP contribution in [0.3, 0.4) is 0 Å². The Morgan fingerprint density at radius 1 is 1.29 bits per heavy atom. The minimum atomic E-state index is -1.33. The molecule has 2 rings (SSSR count). The van der Waals surface area contributed by atoms with Crippen LogP contribution in [-0.2, 0) is 14.4 Å². The number of hydrogen-bond acceptors (Lipinski definition) is 3. The molecule has 2 fully saturated rings. The van der Waals surface area contributed by atoms with Gasteiger partial charge in [-0.15, -0.1) is 0 Å². The third-order valence-electron chi connectivity index (χ3n) is 5.66. The van der Waals surface area contributed by atoms with E-state index in [-0.39, 0.29) is 24.2 Å². The van der Waals surface area contributed by atoms with Gasteiger partial charge in [0, 0.05) is 6.42 Å². The van der Waals surface area contributed by atoms with Gasteiger partial charge in [-0.25, -0.2) is 4.79 Å². The Labute approximate surface area is 125 Å². The second-order valence-corrected chi connectivity index (χ2v) is 7.30. The van der Waals surface area contributed by atoms with Gasteiger partial charge in [0.25, 0.3) is 0 Å². The number of aliphatic carboxylic acids is 1. The van der Waals surface area contributed by atoms with Crippen LogP contribution in [0, 0.1) is 17.3 Å². The Kier molecular flexibility index (Phi) is 3.89. The van der Waals surface area contributed by atoms with Crippen molar-refractivity contribution in [2.45, 2.75) is 65.3 Å². The lowest BCUT2D eigenvalue weighted by Gasteiger charge is -2.42. The van der Waals surface area contributed by atoms with Crippen molar-refractivity contribution in [3.8, 4) is 0 Å². The van der Waals surface area contributed by atoms with E-state index in [9.17, 15) is 19.5 Å². The zero-order chi connectivity index (χ0) is 16.0. The molecule has 1 saturated carbocycles. The first-order valence-electron chi connectivity index (χ1n) is 7.76. The van der Waals surface area contributed by atoms with E-state index in [2.05, 4.69) is 6.92 Å². The molecule has 0 spiro atoms. The first kappa shape index (κ1) is 16.0. The number of amides is 2. The van der Waals surface area contributed by atoms with Gasteiger partial charge < -0.3 is 5.11 Å². The maximum absolute atomic E-state index is 12.8. The van der Waals surface area contributed by atoms with Gasteiger partial charge >= 0.3 is 5.97 Å². The molecule has 1 atom stereocenters. The average Bonchev–Trinajstić information content (AvgIpc) is 2.63. The van der Waals surface area contributed by atoms with Crippen molar-refractivity contribution < 1.29 is 19.5 Å². The Morgan fingerprint density at radius 3 is 2.19 bits per heavy atom. The van der Waals surface area contributed by atoms with Gasteiger partial charge in [0.1, 0.15) is 5.54 Å². The van der Waals surface area contributed by atoms with Gasteiger partial charge in [-0.3, -0.25) is 14.5 Å². The highest BCUT2D eigenvalue weighted by Gasteiger charge is 2.60. The predicted molar refractivity (Wildman–Crippen MR) is 77.4 cm³/mol. The topological polar surface area (TPSA) is 74.7 Å². The largest absolute Gasteiger partial charge is 0.479 e. The molecule has 0 radical (unpaired) electrons. The normalized spacial score (nSPS) is 37.4. The number of hydrogen-bond donors (Lipinski definition) is 1. The van der Waals surface area contributed by atoms with Crippen molar-refractivity contribution >= 4 is 17.8 Å². The lowest BCUT2D eigenvalue weighted by molar-refractivity contribution is -0.167. The number of imide groups is 1. The fourth-order valence-electron chi connectivity index (χ4n) is 3.49. The van der Waals surface area contributed by atoms with E-state index in [1.807, 2.05) is 13.8 Å². The van der Waals surface area contributed by atoms with Gasteiger partial charge in [-0.2, -0.15) is 0 Å². The van der Waals surface area contributed by atoms with Gasteiger partial charge in [0.15, 0.2) is 0 Å². The number of carbonyl (C=O) groups is 3. The quantitative estimate of drug-likeness (QED) is 0.811. The van der Waals surface area contributed by atoms with Gasteiger partial charge in [0.2, 0.25) is 11.8 Å². The smallest absolute Gasteiger partial charge is 0.330 e. The van der Waals surface area contributed by atoms with E-state index >= 15 is 0 Å². The Balaban J connectivity index is 2.40. The molecule has 1 heterocycles. The minimum absolute atomic E-state index is 0.00677. The highest BCUT2D eigenvalue weighted by molar-refractivity contribution is 6.09. The monoisotopic (exact) mass is 295 g/mol. The van der Waals surface area contributed by atoms with Crippen molar-refractivity contribution in [3.05, 3.63) is 0 Å². The van der Waals surface area contributed by atoms with E-state index in [1.165, 1.54) is 0 Å². The molecule has 21 heavy (non-hydrogen) atoms. The Morgan fingerprint density at radius 2 is 1.81 bits per heavy atom. The van der Waals surface area contributed by atoms with Crippen LogP contribution in [0.25, 0.3) is 0 Å². The van der Waals surface area contributed by atoms with Crippen molar-refractivity contribution in [1.82, 2.24) is 4.90 Å². The summed E-state index contributed by atoms with van der Waals surface area (Å²) in [5, 5.41) is 9.73. The van der Waals surface area contributed by atoms with Crippen molar-refractivity contribution in [3.63, 3.8) is 0 Å². The number of carboxylic acids is 1. The molecule has 2 amide bonds. The lowest BCUT2D eigenvalue weighted by Crippen LogP contribution is -2.59. The van der Waals surface area contributed by atoms with Crippen LogP contribution in [0.15, 0.2) is 0 Å². The number of nitrogens with zero attached hydrogens (tertiary/aromatic N) is 1. The van der Waals surface area contributed by atoms with Crippen LogP contribution < -0.4 is 0 Å². The number of likely N-dealkylation sites (tertiary alicyclic amines) is 1. The molecule has 1 aliphatic carbocycles. The summed E-state index contributed by atoms with van der Waals surface area (Å²) >= 11 is 0. The van der Waals surface area contributed by atoms with Crippen LogP contribution in [0.1, 0.15) is 59.8 Å². The van der Waals surface area contributed by atoms with Crippen LogP contribution >= 0.6 is 0 Å². The van der Waals surface area contributed by atoms with Crippen molar-refractivity contribution in [2.24, 2.45) is 17.3 Å². The third-order valence-corrected chi connectivity index (χ3v) is 5.66. The molecule has 0 bridgehead atoms. The fraction of sp³-hybridized carbons (Fsp3) is 0.812. The highest BCUT2D eigenvalue weighted by atomic mass is 16.4. The minimum Gasteiger partial charge on any atom is -0.479 e. The molecule has 118 valence electrons. The standard InChI is InChI=1S/C16H25NO4/c1-10(2)15(4)9-12(18)17(13(15)19)16(14(20)21)7-5-11(3)6-8-16/h10-11H,5-9H2,1-4H3,(H,20,21). The summed E-state index contributed by atoms with van der Waals surface area (Å²) in [5.74, 6) is -1.22. The molecule has 0 aromatic carbocycles. The van der Waals surface area contributed by atoms with Gasteiger partial charge in [-0.1, -0.05) is 20.8 Å². The van der Waals surface area contributed by atoms with Gasteiger partial charge in [-0.05, 0) is 44.4 Å².